The van der Waals surface area contributed by atoms with E-state index >= 15 is 0 Å². The Morgan fingerprint density at radius 2 is 1.62 bits per heavy atom. The molecule has 0 unspecified atom stereocenters. The van der Waals surface area contributed by atoms with E-state index in [1.165, 1.54) is 0 Å². The van der Waals surface area contributed by atoms with Gasteiger partial charge in [0.25, 0.3) is 5.91 Å². The molecule has 1 atom stereocenters. The highest BCUT2D eigenvalue weighted by atomic mass is 16.4. The Labute approximate surface area is 141 Å². The number of amides is 1. The molecule has 0 aromatic heterocycles. The number of carboxylic acid groups (broad SMARTS) is 1. The van der Waals surface area contributed by atoms with Crippen molar-refractivity contribution in [3.8, 4) is 0 Å². The first-order valence-corrected chi connectivity index (χ1v) is 7.92. The quantitative estimate of drug-likeness (QED) is 0.725. The zero-order chi connectivity index (χ0) is 17.5. The Bertz CT molecular complexity index is 699. The largest absolute Gasteiger partial charge is 0.480 e. The van der Waals surface area contributed by atoms with Crippen LogP contribution in [0.15, 0.2) is 54.6 Å². The molecule has 3 N–H and O–H groups in total. The van der Waals surface area contributed by atoms with Crippen LogP contribution < -0.4 is 10.6 Å². The number of rotatable bonds is 7. The lowest BCUT2D eigenvalue weighted by Gasteiger charge is -2.18. The smallest absolute Gasteiger partial charge is 0.326 e. The normalized spacial score (nSPS) is 11.8. The number of carbonyl (C=O) groups excluding carboxylic acids is 1. The minimum absolute atomic E-state index is 0.170. The van der Waals surface area contributed by atoms with Gasteiger partial charge < -0.3 is 15.7 Å². The van der Waals surface area contributed by atoms with Crippen LogP contribution in [0.3, 0.4) is 0 Å². The number of anilines is 2. The zero-order valence-corrected chi connectivity index (χ0v) is 13.8. The number of hydrogen-bond donors (Lipinski definition) is 3. The monoisotopic (exact) mass is 326 g/mol. The second-order valence-electron chi connectivity index (χ2n) is 6.03. The number of carboxylic acids is 1. The maximum absolute atomic E-state index is 12.5. The van der Waals surface area contributed by atoms with Crippen molar-refractivity contribution in [1.82, 2.24) is 5.32 Å². The Kier molecular flexibility index (Phi) is 5.95. The van der Waals surface area contributed by atoms with Crippen LogP contribution in [0.1, 0.15) is 30.6 Å². The molecule has 5 nitrogen and oxygen atoms in total. The Hall–Kier alpha value is -2.82. The van der Waals surface area contributed by atoms with Gasteiger partial charge in [-0.2, -0.15) is 0 Å². The van der Waals surface area contributed by atoms with E-state index in [0.717, 1.165) is 5.69 Å². The number of benzene rings is 2. The van der Waals surface area contributed by atoms with Crippen molar-refractivity contribution in [2.75, 3.05) is 5.32 Å². The number of hydrogen-bond acceptors (Lipinski definition) is 3. The van der Waals surface area contributed by atoms with Crippen LogP contribution >= 0.6 is 0 Å². The molecule has 0 heterocycles. The van der Waals surface area contributed by atoms with Gasteiger partial charge in [-0.05, 0) is 36.6 Å². The minimum Gasteiger partial charge on any atom is -0.480 e. The summed E-state index contributed by atoms with van der Waals surface area (Å²) in [5.41, 5.74) is 1.90. The number of para-hydroxylation sites is 2. The molecule has 126 valence electrons. The summed E-state index contributed by atoms with van der Waals surface area (Å²) in [6.07, 6.45) is 0.384. The number of nitrogens with one attached hydrogen (secondary N) is 2. The molecule has 0 spiro atoms. The fourth-order valence-corrected chi connectivity index (χ4v) is 2.40. The third kappa shape index (κ3) is 4.84. The Morgan fingerprint density at radius 1 is 1.00 bits per heavy atom. The summed E-state index contributed by atoms with van der Waals surface area (Å²) in [5.74, 6) is -1.25. The van der Waals surface area contributed by atoms with Gasteiger partial charge in [-0.25, -0.2) is 4.79 Å². The summed E-state index contributed by atoms with van der Waals surface area (Å²) in [4.78, 5) is 23.9. The van der Waals surface area contributed by atoms with Crippen molar-refractivity contribution in [2.24, 2.45) is 5.92 Å². The SMILES string of the molecule is CC(C)C[C@H](NC(=O)c1ccccc1Nc1ccccc1)C(=O)O. The lowest BCUT2D eigenvalue weighted by molar-refractivity contribution is -0.139. The molecule has 2 aromatic rings. The lowest BCUT2D eigenvalue weighted by Crippen LogP contribution is -2.41. The van der Waals surface area contributed by atoms with Crippen molar-refractivity contribution in [3.05, 3.63) is 60.2 Å². The van der Waals surface area contributed by atoms with E-state index in [9.17, 15) is 14.7 Å². The zero-order valence-electron chi connectivity index (χ0n) is 13.8. The highest BCUT2D eigenvalue weighted by Crippen LogP contribution is 2.21. The van der Waals surface area contributed by atoms with Gasteiger partial charge in [0, 0.05) is 5.69 Å². The predicted molar refractivity (Wildman–Crippen MR) is 94.5 cm³/mol. The highest BCUT2D eigenvalue weighted by Gasteiger charge is 2.22. The van der Waals surface area contributed by atoms with Crippen LogP contribution in [0.25, 0.3) is 0 Å². The highest BCUT2D eigenvalue weighted by molar-refractivity contribution is 6.01. The van der Waals surface area contributed by atoms with Crippen LogP contribution in [-0.4, -0.2) is 23.0 Å². The molecule has 1 amide bonds. The van der Waals surface area contributed by atoms with Crippen LogP contribution in [0, 0.1) is 5.92 Å². The lowest BCUT2D eigenvalue weighted by atomic mass is 10.0. The second-order valence-corrected chi connectivity index (χ2v) is 6.03. The van der Waals surface area contributed by atoms with Gasteiger partial charge in [0.05, 0.1) is 11.3 Å². The fraction of sp³-hybridized carbons (Fsp3) is 0.263. The molecule has 2 aromatic carbocycles. The fourth-order valence-electron chi connectivity index (χ4n) is 2.40. The summed E-state index contributed by atoms with van der Waals surface area (Å²) in [7, 11) is 0. The third-order valence-corrected chi connectivity index (χ3v) is 3.54. The summed E-state index contributed by atoms with van der Waals surface area (Å²) < 4.78 is 0. The second kappa shape index (κ2) is 8.15. The molecule has 0 radical (unpaired) electrons. The van der Waals surface area contributed by atoms with Crippen LogP contribution in [0.4, 0.5) is 11.4 Å². The standard InChI is InChI=1S/C19H22N2O3/c1-13(2)12-17(19(23)24)21-18(22)15-10-6-7-11-16(15)20-14-8-4-3-5-9-14/h3-11,13,17,20H,12H2,1-2H3,(H,21,22)(H,23,24)/t17-/m0/s1. The van der Waals surface area contributed by atoms with Crippen molar-refractivity contribution >= 4 is 23.3 Å². The van der Waals surface area contributed by atoms with Gasteiger partial charge in [0.2, 0.25) is 0 Å². The van der Waals surface area contributed by atoms with E-state index < -0.39 is 17.9 Å². The molecule has 0 aliphatic rings. The van der Waals surface area contributed by atoms with Gasteiger partial charge in [-0.15, -0.1) is 0 Å². The molecule has 0 saturated carbocycles. The molecule has 0 bridgehead atoms. The Morgan fingerprint density at radius 3 is 2.25 bits per heavy atom. The van der Waals surface area contributed by atoms with Gasteiger partial charge in [-0.3, -0.25) is 4.79 Å². The first-order chi connectivity index (χ1) is 11.5. The minimum atomic E-state index is -1.02. The maximum atomic E-state index is 12.5. The van der Waals surface area contributed by atoms with Crippen molar-refractivity contribution < 1.29 is 14.7 Å². The maximum Gasteiger partial charge on any atom is 0.326 e. The van der Waals surface area contributed by atoms with E-state index in [0.29, 0.717) is 17.7 Å². The van der Waals surface area contributed by atoms with Gasteiger partial charge >= 0.3 is 5.97 Å². The summed E-state index contributed by atoms with van der Waals surface area (Å²) in [6, 6.07) is 15.6. The summed E-state index contributed by atoms with van der Waals surface area (Å²) in [6.45, 7) is 3.85. The molecule has 5 heteroatoms. The van der Waals surface area contributed by atoms with E-state index in [1.54, 1.807) is 18.2 Å². The van der Waals surface area contributed by atoms with Crippen molar-refractivity contribution in [1.29, 1.82) is 0 Å². The predicted octanol–water partition coefficient (Wildman–Crippen LogP) is 3.66. The molecule has 0 saturated heterocycles. The van der Waals surface area contributed by atoms with Crippen LogP contribution in [0.2, 0.25) is 0 Å². The van der Waals surface area contributed by atoms with E-state index in [4.69, 9.17) is 0 Å². The van der Waals surface area contributed by atoms with Crippen molar-refractivity contribution in [2.45, 2.75) is 26.3 Å². The number of carbonyl (C=O) groups is 2. The van der Waals surface area contributed by atoms with Crippen LogP contribution in [-0.2, 0) is 4.79 Å². The van der Waals surface area contributed by atoms with E-state index in [-0.39, 0.29) is 5.92 Å². The first kappa shape index (κ1) is 17.5. The summed E-state index contributed by atoms with van der Waals surface area (Å²) in [5, 5.41) is 15.1. The van der Waals surface area contributed by atoms with Crippen LogP contribution in [0.5, 0.6) is 0 Å². The summed E-state index contributed by atoms with van der Waals surface area (Å²) >= 11 is 0. The molecular weight excluding hydrogens is 304 g/mol. The topological polar surface area (TPSA) is 78.4 Å². The average molecular weight is 326 g/mol. The first-order valence-electron chi connectivity index (χ1n) is 7.92. The van der Waals surface area contributed by atoms with Gasteiger partial charge in [-0.1, -0.05) is 44.2 Å². The molecule has 0 aliphatic heterocycles. The molecule has 24 heavy (non-hydrogen) atoms. The molecule has 0 aliphatic carbocycles. The van der Waals surface area contributed by atoms with Crippen molar-refractivity contribution in [3.63, 3.8) is 0 Å². The Balaban J connectivity index is 2.18. The van der Waals surface area contributed by atoms with E-state index in [1.807, 2.05) is 50.2 Å². The van der Waals surface area contributed by atoms with Gasteiger partial charge in [0.1, 0.15) is 6.04 Å². The van der Waals surface area contributed by atoms with Gasteiger partial charge in [0.15, 0.2) is 0 Å². The molecular formula is C19H22N2O3. The average Bonchev–Trinajstić information content (AvgIpc) is 2.55. The molecule has 0 fully saturated rings. The third-order valence-electron chi connectivity index (χ3n) is 3.54. The number of aliphatic carboxylic acids is 1. The molecule has 2 rings (SSSR count). The van der Waals surface area contributed by atoms with E-state index in [2.05, 4.69) is 10.6 Å².